The van der Waals surface area contributed by atoms with Crippen LogP contribution in [0.15, 0.2) is 72.9 Å². The monoisotopic (exact) mass is 445 g/mol. The van der Waals surface area contributed by atoms with E-state index in [0.717, 1.165) is 44.8 Å². The summed E-state index contributed by atoms with van der Waals surface area (Å²) in [6.45, 7) is 5.74. The lowest BCUT2D eigenvalue weighted by atomic mass is 10.2. The first-order valence-corrected chi connectivity index (χ1v) is 11.4. The maximum Gasteiger partial charge on any atom is 0.255 e. The molecule has 1 fully saturated rings. The van der Waals surface area contributed by atoms with Crippen molar-refractivity contribution in [3.8, 4) is 5.75 Å². The first kappa shape index (κ1) is 22.6. The summed E-state index contributed by atoms with van der Waals surface area (Å²) in [7, 11) is 1.62. The van der Waals surface area contributed by atoms with Gasteiger partial charge in [-0.3, -0.25) is 9.69 Å². The average Bonchev–Trinajstić information content (AvgIpc) is 2.88. The van der Waals surface area contributed by atoms with Crippen LogP contribution in [0, 0.1) is 0 Å². The van der Waals surface area contributed by atoms with E-state index in [-0.39, 0.29) is 5.91 Å². The molecule has 0 bridgehead atoms. The maximum absolute atomic E-state index is 12.8. The largest absolute Gasteiger partial charge is 0.495 e. The first-order chi connectivity index (χ1) is 16.2. The molecule has 2 N–H and O–H groups in total. The Labute approximate surface area is 195 Å². The van der Waals surface area contributed by atoms with Gasteiger partial charge in [0, 0.05) is 44.6 Å². The van der Waals surface area contributed by atoms with Gasteiger partial charge in [0.05, 0.1) is 18.4 Å². The highest BCUT2D eigenvalue weighted by molar-refractivity contribution is 5.99. The molecule has 4 rings (SSSR count). The number of pyridine rings is 1. The number of piperazine rings is 1. The van der Waals surface area contributed by atoms with Gasteiger partial charge < -0.3 is 20.3 Å². The Bertz CT molecular complexity index is 1040. The Morgan fingerprint density at radius 1 is 0.970 bits per heavy atom. The Kier molecular flexibility index (Phi) is 7.76. The molecule has 0 aliphatic carbocycles. The van der Waals surface area contributed by atoms with Gasteiger partial charge in [0.1, 0.15) is 11.6 Å². The number of methoxy groups -OCH3 is 1. The zero-order valence-corrected chi connectivity index (χ0v) is 19.0. The number of amides is 1. The normalized spacial score (nSPS) is 14.0. The minimum Gasteiger partial charge on any atom is -0.495 e. The van der Waals surface area contributed by atoms with E-state index in [0.29, 0.717) is 23.7 Å². The molecule has 1 aliphatic heterocycles. The van der Waals surface area contributed by atoms with E-state index < -0.39 is 0 Å². The number of aromatic nitrogens is 1. The Morgan fingerprint density at radius 3 is 2.52 bits per heavy atom. The van der Waals surface area contributed by atoms with Gasteiger partial charge in [0.25, 0.3) is 5.91 Å². The van der Waals surface area contributed by atoms with Gasteiger partial charge in [0.2, 0.25) is 0 Å². The van der Waals surface area contributed by atoms with Gasteiger partial charge in [-0.05, 0) is 49.4 Å². The smallest absolute Gasteiger partial charge is 0.255 e. The molecule has 7 nitrogen and oxygen atoms in total. The van der Waals surface area contributed by atoms with Crippen LogP contribution >= 0.6 is 0 Å². The van der Waals surface area contributed by atoms with Crippen molar-refractivity contribution in [1.29, 1.82) is 0 Å². The van der Waals surface area contributed by atoms with Crippen LogP contribution in [0.5, 0.6) is 5.75 Å². The molecular weight excluding hydrogens is 414 g/mol. The van der Waals surface area contributed by atoms with Crippen LogP contribution in [0.2, 0.25) is 0 Å². The number of anilines is 3. The van der Waals surface area contributed by atoms with Crippen LogP contribution in [-0.2, 0) is 0 Å². The third-order valence-corrected chi connectivity index (χ3v) is 5.84. The van der Waals surface area contributed by atoms with Crippen LogP contribution in [0.1, 0.15) is 16.8 Å². The average molecular weight is 446 g/mol. The third kappa shape index (κ3) is 6.02. The summed E-state index contributed by atoms with van der Waals surface area (Å²) in [5.41, 5.74) is 2.57. The molecule has 0 spiro atoms. The lowest BCUT2D eigenvalue weighted by Crippen LogP contribution is -2.47. The number of rotatable bonds is 9. The van der Waals surface area contributed by atoms with E-state index in [4.69, 9.17) is 4.74 Å². The predicted molar refractivity (Wildman–Crippen MR) is 133 cm³/mol. The van der Waals surface area contributed by atoms with E-state index in [9.17, 15) is 4.79 Å². The number of para-hydroxylation sites is 3. The molecule has 33 heavy (non-hydrogen) atoms. The van der Waals surface area contributed by atoms with Gasteiger partial charge in [-0.25, -0.2) is 4.98 Å². The topological polar surface area (TPSA) is 69.7 Å². The van der Waals surface area contributed by atoms with E-state index >= 15 is 0 Å². The third-order valence-electron chi connectivity index (χ3n) is 5.84. The second-order valence-corrected chi connectivity index (χ2v) is 8.00. The molecule has 1 aliphatic rings. The van der Waals surface area contributed by atoms with Crippen molar-refractivity contribution in [2.24, 2.45) is 0 Å². The Hall–Kier alpha value is -3.58. The van der Waals surface area contributed by atoms with Crippen molar-refractivity contribution in [1.82, 2.24) is 15.2 Å². The molecule has 1 saturated heterocycles. The van der Waals surface area contributed by atoms with Crippen molar-refractivity contribution in [2.75, 3.05) is 56.6 Å². The molecule has 3 aromatic rings. The minimum atomic E-state index is -0.130. The standard InChI is InChI=1S/C26H31N5O2/c1-33-24-13-6-5-12-23(24)29-25-22(11-7-14-27-25)26(32)28-15-8-16-30-17-19-31(20-18-30)21-9-3-2-4-10-21/h2-7,9-14H,8,15-20H2,1H3,(H,27,29)(H,28,32). The number of carbonyl (C=O) groups is 1. The maximum atomic E-state index is 12.8. The molecule has 0 saturated carbocycles. The molecule has 0 atom stereocenters. The van der Waals surface area contributed by atoms with Crippen molar-refractivity contribution < 1.29 is 9.53 Å². The number of benzene rings is 2. The second-order valence-electron chi connectivity index (χ2n) is 8.00. The van der Waals surface area contributed by atoms with Gasteiger partial charge in [0.15, 0.2) is 0 Å². The van der Waals surface area contributed by atoms with Crippen LogP contribution in [-0.4, -0.2) is 62.2 Å². The zero-order chi connectivity index (χ0) is 22.9. The number of carbonyl (C=O) groups excluding carboxylic acids is 1. The number of nitrogens with zero attached hydrogens (tertiary/aromatic N) is 3. The fourth-order valence-corrected chi connectivity index (χ4v) is 4.03. The highest BCUT2D eigenvalue weighted by Gasteiger charge is 2.17. The van der Waals surface area contributed by atoms with Crippen molar-refractivity contribution in [2.45, 2.75) is 6.42 Å². The summed E-state index contributed by atoms with van der Waals surface area (Å²) in [5, 5.41) is 6.26. The molecule has 1 aromatic heterocycles. The van der Waals surface area contributed by atoms with Crippen molar-refractivity contribution in [3.05, 3.63) is 78.5 Å². The molecule has 172 valence electrons. The molecule has 2 heterocycles. The summed E-state index contributed by atoms with van der Waals surface area (Å²) < 4.78 is 5.39. The zero-order valence-electron chi connectivity index (χ0n) is 19.0. The van der Waals surface area contributed by atoms with E-state index in [1.807, 2.05) is 24.3 Å². The molecular formula is C26H31N5O2. The highest BCUT2D eigenvalue weighted by atomic mass is 16.5. The minimum absolute atomic E-state index is 0.130. The van der Waals surface area contributed by atoms with E-state index in [1.165, 1.54) is 5.69 Å². The second kappa shape index (κ2) is 11.3. The van der Waals surface area contributed by atoms with Gasteiger partial charge >= 0.3 is 0 Å². The lowest BCUT2D eigenvalue weighted by Gasteiger charge is -2.36. The molecule has 7 heteroatoms. The Morgan fingerprint density at radius 2 is 1.73 bits per heavy atom. The van der Waals surface area contributed by atoms with Crippen LogP contribution in [0.4, 0.5) is 17.2 Å². The Balaban J connectivity index is 1.24. The number of hydrogen-bond donors (Lipinski definition) is 2. The predicted octanol–water partition coefficient (Wildman–Crippen LogP) is 3.78. The molecule has 0 unspecified atom stereocenters. The van der Waals surface area contributed by atoms with Crippen LogP contribution in [0.25, 0.3) is 0 Å². The number of ether oxygens (including phenoxy) is 1. The van der Waals surface area contributed by atoms with Crippen LogP contribution < -0.4 is 20.3 Å². The SMILES string of the molecule is COc1ccccc1Nc1ncccc1C(=O)NCCCN1CCN(c2ccccc2)CC1. The fraction of sp³-hybridized carbons (Fsp3) is 0.308. The summed E-state index contributed by atoms with van der Waals surface area (Å²) >= 11 is 0. The summed E-state index contributed by atoms with van der Waals surface area (Å²) in [6.07, 6.45) is 2.58. The van der Waals surface area contributed by atoms with Crippen molar-refractivity contribution in [3.63, 3.8) is 0 Å². The number of nitrogens with one attached hydrogen (secondary N) is 2. The quantitative estimate of drug-likeness (QED) is 0.489. The first-order valence-electron chi connectivity index (χ1n) is 11.4. The van der Waals surface area contributed by atoms with Gasteiger partial charge in [-0.15, -0.1) is 0 Å². The molecule has 1 amide bonds. The van der Waals surface area contributed by atoms with E-state index in [2.05, 4.69) is 55.7 Å². The van der Waals surface area contributed by atoms with Crippen molar-refractivity contribution >= 4 is 23.1 Å². The van der Waals surface area contributed by atoms with Gasteiger partial charge in [-0.1, -0.05) is 30.3 Å². The van der Waals surface area contributed by atoms with Gasteiger partial charge in [-0.2, -0.15) is 0 Å². The molecule has 2 aromatic carbocycles. The summed E-state index contributed by atoms with van der Waals surface area (Å²) in [4.78, 5) is 22.1. The lowest BCUT2D eigenvalue weighted by molar-refractivity contribution is 0.0952. The number of hydrogen-bond acceptors (Lipinski definition) is 6. The van der Waals surface area contributed by atoms with Crippen LogP contribution in [0.3, 0.4) is 0 Å². The summed E-state index contributed by atoms with van der Waals surface area (Å²) in [5.74, 6) is 1.08. The van der Waals surface area contributed by atoms with E-state index in [1.54, 1.807) is 25.4 Å². The molecule has 0 radical (unpaired) electrons. The fourth-order valence-electron chi connectivity index (χ4n) is 4.03. The highest BCUT2D eigenvalue weighted by Crippen LogP contribution is 2.27. The summed E-state index contributed by atoms with van der Waals surface area (Å²) in [6, 6.07) is 21.7.